The summed E-state index contributed by atoms with van der Waals surface area (Å²) >= 11 is 4.93. The molecule has 130 valence electrons. The molecule has 1 aliphatic heterocycles. The zero-order chi connectivity index (χ0) is 17.7. The number of carbonyl (C=O) groups is 3. The van der Waals surface area contributed by atoms with Crippen LogP contribution in [-0.2, 0) is 23.9 Å². The third-order valence-electron chi connectivity index (χ3n) is 3.35. The van der Waals surface area contributed by atoms with Crippen molar-refractivity contribution < 1.29 is 23.9 Å². The van der Waals surface area contributed by atoms with Gasteiger partial charge in [-0.2, -0.15) is 0 Å². The van der Waals surface area contributed by atoms with Gasteiger partial charge in [-0.3, -0.25) is 14.5 Å². The highest BCUT2D eigenvalue weighted by Gasteiger charge is 2.37. The van der Waals surface area contributed by atoms with E-state index in [0.717, 1.165) is 9.37 Å². The molecule has 0 spiro atoms. The van der Waals surface area contributed by atoms with Crippen LogP contribution in [-0.4, -0.2) is 42.9 Å². The van der Waals surface area contributed by atoms with Crippen molar-refractivity contribution in [3.8, 4) is 0 Å². The zero-order valence-electron chi connectivity index (χ0n) is 13.4. The van der Waals surface area contributed by atoms with E-state index in [2.05, 4.69) is 15.9 Å². The molecule has 1 aromatic carbocycles. The van der Waals surface area contributed by atoms with Crippen molar-refractivity contribution in [1.29, 1.82) is 0 Å². The van der Waals surface area contributed by atoms with Crippen LogP contribution in [0, 0.1) is 0 Å². The molecule has 1 aliphatic rings. The molecule has 0 aromatic heterocycles. The summed E-state index contributed by atoms with van der Waals surface area (Å²) in [7, 11) is 0. The van der Waals surface area contributed by atoms with E-state index in [-0.39, 0.29) is 19.6 Å². The van der Waals surface area contributed by atoms with Gasteiger partial charge >= 0.3 is 17.8 Å². The van der Waals surface area contributed by atoms with E-state index in [1.807, 2.05) is 6.07 Å². The molecule has 0 radical (unpaired) electrons. The van der Waals surface area contributed by atoms with Gasteiger partial charge in [-0.15, -0.1) is 11.8 Å². The largest absolute Gasteiger partial charge is 0.466 e. The second-order valence-corrected chi connectivity index (χ2v) is 6.96. The highest BCUT2D eigenvalue weighted by Crippen LogP contribution is 2.40. The summed E-state index contributed by atoms with van der Waals surface area (Å²) < 4.78 is 10.7. The number of amides is 1. The molecule has 0 aliphatic carbocycles. The molecule has 0 bridgehead atoms. The molecule has 1 heterocycles. The van der Waals surface area contributed by atoms with Crippen molar-refractivity contribution in [2.24, 2.45) is 0 Å². The van der Waals surface area contributed by atoms with Gasteiger partial charge in [-0.05, 0) is 32.0 Å². The summed E-state index contributed by atoms with van der Waals surface area (Å²) in [5.41, 5.74) is 0.599. The monoisotopic (exact) mass is 415 g/mol. The molecule has 1 unspecified atom stereocenters. The summed E-state index contributed by atoms with van der Waals surface area (Å²) in [5.74, 6) is -1.60. The molecular weight excluding hydrogens is 398 g/mol. The second kappa shape index (κ2) is 8.53. The molecule has 0 N–H and O–H groups in total. The van der Waals surface area contributed by atoms with Crippen LogP contribution in [0.2, 0.25) is 0 Å². The van der Waals surface area contributed by atoms with Crippen molar-refractivity contribution in [2.75, 3.05) is 23.9 Å². The Kier molecular flexibility index (Phi) is 6.68. The van der Waals surface area contributed by atoms with Crippen molar-refractivity contribution in [3.05, 3.63) is 22.7 Å². The standard InChI is InChI=1S/C16H18BrNO5S/c1-3-22-14(19)8-11-9-24-13-7-10(17)5-6-12(13)18(11)15(20)16(21)23-4-2/h5-7,11H,3-4,8-9H2,1-2H3. The summed E-state index contributed by atoms with van der Waals surface area (Å²) in [6.07, 6.45) is 0.0293. The highest BCUT2D eigenvalue weighted by molar-refractivity contribution is 9.10. The lowest BCUT2D eigenvalue weighted by atomic mass is 10.1. The predicted molar refractivity (Wildman–Crippen MR) is 94.0 cm³/mol. The molecule has 0 fully saturated rings. The van der Waals surface area contributed by atoms with Crippen LogP contribution in [0.4, 0.5) is 5.69 Å². The molecule has 2 rings (SSSR count). The highest BCUT2D eigenvalue weighted by atomic mass is 79.9. The predicted octanol–water partition coefficient (Wildman–Crippen LogP) is 2.77. The van der Waals surface area contributed by atoms with E-state index < -0.39 is 23.9 Å². The van der Waals surface area contributed by atoms with Gasteiger partial charge in [-0.1, -0.05) is 15.9 Å². The number of nitrogens with zero attached hydrogens (tertiary/aromatic N) is 1. The van der Waals surface area contributed by atoms with Gasteiger partial charge in [0.25, 0.3) is 0 Å². The number of fused-ring (bicyclic) bond motifs is 1. The van der Waals surface area contributed by atoms with Crippen LogP contribution in [0.25, 0.3) is 0 Å². The molecule has 8 heteroatoms. The Hall–Kier alpha value is -1.54. The number of benzene rings is 1. The van der Waals surface area contributed by atoms with Crippen molar-refractivity contribution >= 4 is 51.2 Å². The minimum atomic E-state index is -0.924. The Labute approximate surface area is 153 Å². The first-order valence-corrected chi connectivity index (χ1v) is 9.34. The normalized spacial score (nSPS) is 16.3. The van der Waals surface area contributed by atoms with Gasteiger partial charge < -0.3 is 9.47 Å². The Morgan fingerprint density at radius 1 is 1.25 bits per heavy atom. The first kappa shape index (κ1) is 18.8. The maximum Gasteiger partial charge on any atom is 0.397 e. The quantitative estimate of drug-likeness (QED) is 0.555. The van der Waals surface area contributed by atoms with Crippen molar-refractivity contribution in [2.45, 2.75) is 31.2 Å². The molecule has 24 heavy (non-hydrogen) atoms. The molecular formula is C16H18BrNO5S. The van der Waals surface area contributed by atoms with E-state index in [0.29, 0.717) is 11.4 Å². The van der Waals surface area contributed by atoms with E-state index in [1.54, 1.807) is 26.0 Å². The van der Waals surface area contributed by atoms with Crippen LogP contribution in [0.5, 0.6) is 0 Å². The average Bonchev–Trinajstić information content (AvgIpc) is 2.54. The van der Waals surface area contributed by atoms with Crippen LogP contribution in [0.15, 0.2) is 27.6 Å². The Morgan fingerprint density at radius 3 is 2.62 bits per heavy atom. The molecule has 1 aromatic rings. The van der Waals surface area contributed by atoms with Gasteiger partial charge in [0.1, 0.15) is 0 Å². The van der Waals surface area contributed by atoms with Gasteiger partial charge in [0.05, 0.1) is 31.4 Å². The molecule has 0 saturated heterocycles. The van der Waals surface area contributed by atoms with Gasteiger partial charge in [0.15, 0.2) is 0 Å². The van der Waals surface area contributed by atoms with Crippen LogP contribution in [0.1, 0.15) is 20.3 Å². The molecule has 6 nitrogen and oxygen atoms in total. The third-order valence-corrected chi connectivity index (χ3v) is 5.04. The number of anilines is 1. The lowest BCUT2D eigenvalue weighted by Crippen LogP contribution is -2.49. The number of esters is 2. The first-order chi connectivity index (χ1) is 11.5. The molecule has 1 amide bonds. The van der Waals surface area contributed by atoms with Crippen molar-refractivity contribution in [1.82, 2.24) is 0 Å². The number of halogens is 1. The van der Waals surface area contributed by atoms with Crippen LogP contribution >= 0.6 is 27.7 Å². The number of thioether (sulfide) groups is 1. The molecule has 0 saturated carbocycles. The average molecular weight is 416 g/mol. The summed E-state index contributed by atoms with van der Waals surface area (Å²) in [4.78, 5) is 38.6. The van der Waals surface area contributed by atoms with E-state index >= 15 is 0 Å². The van der Waals surface area contributed by atoms with Crippen LogP contribution in [0.3, 0.4) is 0 Å². The fraction of sp³-hybridized carbons (Fsp3) is 0.438. The third kappa shape index (κ3) is 4.30. The lowest BCUT2D eigenvalue weighted by molar-refractivity contribution is -0.153. The molecule has 1 atom stereocenters. The van der Waals surface area contributed by atoms with Gasteiger partial charge in [0, 0.05) is 15.1 Å². The van der Waals surface area contributed by atoms with E-state index in [1.165, 1.54) is 16.7 Å². The summed E-state index contributed by atoms with van der Waals surface area (Å²) in [6.45, 7) is 3.75. The number of ether oxygens (including phenoxy) is 2. The topological polar surface area (TPSA) is 72.9 Å². The smallest absolute Gasteiger partial charge is 0.397 e. The maximum absolute atomic E-state index is 12.6. The van der Waals surface area contributed by atoms with E-state index in [4.69, 9.17) is 9.47 Å². The Bertz CT molecular complexity index is 651. The van der Waals surface area contributed by atoms with E-state index in [9.17, 15) is 14.4 Å². The van der Waals surface area contributed by atoms with Gasteiger partial charge in [0.2, 0.25) is 0 Å². The summed E-state index contributed by atoms with van der Waals surface area (Å²) in [5, 5.41) is 0. The number of hydrogen-bond donors (Lipinski definition) is 0. The minimum Gasteiger partial charge on any atom is -0.466 e. The fourth-order valence-electron chi connectivity index (χ4n) is 2.39. The second-order valence-electron chi connectivity index (χ2n) is 4.98. The fourth-order valence-corrected chi connectivity index (χ4v) is 4.06. The number of carbonyl (C=O) groups excluding carboxylic acids is 3. The SMILES string of the molecule is CCOC(=O)CC1CSc2cc(Br)ccc2N1C(=O)C(=O)OCC. The minimum absolute atomic E-state index is 0.0293. The Morgan fingerprint density at radius 2 is 1.96 bits per heavy atom. The first-order valence-electron chi connectivity index (χ1n) is 7.56. The number of rotatable bonds is 4. The summed E-state index contributed by atoms with van der Waals surface area (Å²) in [6, 6.07) is 4.96. The zero-order valence-corrected chi connectivity index (χ0v) is 15.8. The lowest BCUT2D eigenvalue weighted by Gasteiger charge is -2.35. The van der Waals surface area contributed by atoms with Crippen LogP contribution < -0.4 is 4.90 Å². The number of hydrogen-bond acceptors (Lipinski definition) is 6. The Balaban J connectivity index is 2.34. The van der Waals surface area contributed by atoms with Gasteiger partial charge in [-0.25, -0.2) is 4.79 Å². The maximum atomic E-state index is 12.6. The van der Waals surface area contributed by atoms with Crippen molar-refractivity contribution in [3.63, 3.8) is 0 Å².